The van der Waals surface area contributed by atoms with Crippen molar-refractivity contribution in [2.75, 3.05) is 20.2 Å². The van der Waals surface area contributed by atoms with E-state index in [1.807, 2.05) is 6.08 Å². The average molecular weight is 425 g/mol. The number of hydrogen-bond donors (Lipinski definition) is 3. The first-order chi connectivity index (χ1) is 13.9. The van der Waals surface area contributed by atoms with Gasteiger partial charge in [0, 0.05) is 12.5 Å². The number of unbranched alkanes of at least 4 members (excludes halogenated alkanes) is 3. The molecule has 0 radical (unpaired) electrons. The minimum absolute atomic E-state index is 0.0368. The van der Waals surface area contributed by atoms with Crippen LogP contribution in [0, 0.1) is 5.92 Å². The van der Waals surface area contributed by atoms with Gasteiger partial charge in [0.1, 0.15) is 11.6 Å². The van der Waals surface area contributed by atoms with Crippen LogP contribution in [0.1, 0.15) is 51.9 Å². The Morgan fingerprint density at radius 2 is 2.10 bits per heavy atom. The van der Waals surface area contributed by atoms with Gasteiger partial charge >= 0.3 is 5.97 Å². The molecule has 8 nitrogen and oxygen atoms in total. The molecule has 1 heterocycles. The first-order valence-electron chi connectivity index (χ1n) is 10.3. The summed E-state index contributed by atoms with van der Waals surface area (Å²) in [6, 6.07) is -0.605. The fourth-order valence-corrected chi connectivity index (χ4v) is 3.88. The fourth-order valence-electron chi connectivity index (χ4n) is 3.81. The molecule has 162 valence electrons. The molecule has 2 fully saturated rings. The van der Waals surface area contributed by atoms with Crippen LogP contribution in [0.4, 0.5) is 0 Å². The number of allylic oxidation sites excluding steroid dienone is 1. The lowest BCUT2D eigenvalue weighted by molar-refractivity contribution is -0.148. The fraction of sp³-hybridized carbons (Fsp3) is 0.700. The zero-order valence-electron chi connectivity index (χ0n) is 17.2. The quantitative estimate of drug-likeness (QED) is 0.207. The van der Waals surface area contributed by atoms with Crippen molar-refractivity contribution in [3.05, 3.63) is 12.2 Å². The van der Waals surface area contributed by atoms with Crippen LogP contribution in [0.2, 0.25) is 0 Å². The van der Waals surface area contributed by atoms with E-state index in [1.54, 1.807) is 0 Å². The van der Waals surface area contributed by atoms with Gasteiger partial charge in [-0.05, 0) is 44.3 Å². The summed E-state index contributed by atoms with van der Waals surface area (Å²) in [6.07, 6.45) is 10.3. The number of carbonyl (C=O) groups is 3. The molecule has 0 aromatic carbocycles. The Morgan fingerprint density at radius 3 is 2.76 bits per heavy atom. The maximum absolute atomic E-state index is 12.9. The van der Waals surface area contributed by atoms with Gasteiger partial charge in [-0.3, -0.25) is 9.59 Å². The third-order valence-electron chi connectivity index (χ3n) is 5.54. The van der Waals surface area contributed by atoms with E-state index in [9.17, 15) is 14.4 Å². The van der Waals surface area contributed by atoms with Crippen LogP contribution in [0.5, 0.6) is 0 Å². The largest absolute Gasteiger partial charge is 0.467 e. The lowest BCUT2D eigenvalue weighted by Crippen LogP contribution is -2.54. The van der Waals surface area contributed by atoms with E-state index in [1.165, 1.54) is 18.4 Å². The van der Waals surface area contributed by atoms with Gasteiger partial charge in [0.15, 0.2) is 5.11 Å². The van der Waals surface area contributed by atoms with Gasteiger partial charge in [0.05, 0.1) is 13.7 Å². The van der Waals surface area contributed by atoms with Gasteiger partial charge in [-0.25, -0.2) is 4.79 Å². The highest BCUT2D eigenvalue weighted by molar-refractivity contribution is 7.80. The molecule has 1 aliphatic carbocycles. The second-order valence-corrected chi connectivity index (χ2v) is 8.09. The van der Waals surface area contributed by atoms with Gasteiger partial charge in [-0.15, -0.1) is 0 Å². The van der Waals surface area contributed by atoms with E-state index in [0.717, 1.165) is 25.7 Å². The molecule has 1 aliphatic heterocycles. The molecule has 29 heavy (non-hydrogen) atoms. The molecular weight excluding hydrogens is 392 g/mol. The molecule has 0 aromatic heterocycles. The molecule has 2 rings (SSSR count). The molecule has 0 spiro atoms. The van der Waals surface area contributed by atoms with Crippen LogP contribution in [0.15, 0.2) is 12.2 Å². The van der Waals surface area contributed by atoms with Crippen molar-refractivity contribution in [2.24, 2.45) is 11.7 Å². The van der Waals surface area contributed by atoms with Gasteiger partial charge in [-0.2, -0.15) is 0 Å². The standard InChI is InChI=1S/C20H32N4O4S/c1-3-4-5-6-7-9-14-12-20(14,18(27)28-2)23-17(26)15-10-8-11-24(15)16(25)13-22-19(21)29/h7,9,14-15H,3-6,8,10-13H2,1-2H3,(H,23,26)(H3,21,22,29)/b9-7-/t14-,15+,20-/m1/s1. The lowest BCUT2D eigenvalue weighted by atomic mass is 10.1. The summed E-state index contributed by atoms with van der Waals surface area (Å²) in [6.45, 7) is 2.59. The van der Waals surface area contributed by atoms with Crippen molar-refractivity contribution in [1.82, 2.24) is 15.5 Å². The minimum Gasteiger partial charge on any atom is -0.467 e. The molecular formula is C20H32N4O4S. The summed E-state index contributed by atoms with van der Waals surface area (Å²) < 4.78 is 4.95. The van der Waals surface area contributed by atoms with Crippen LogP contribution in [0.25, 0.3) is 0 Å². The first kappa shape index (κ1) is 23.1. The van der Waals surface area contributed by atoms with Gasteiger partial charge < -0.3 is 26.0 Å². The van der Waals surface area contributed by atoms with Crippen molar-refractivity contribution >= 4 is 35.1 Å². The molecule has 1 saturated heterocycles. The molecule has 3 atom stereocenters. The summed E-state index contributed by atoms with van der Waals surface area (Å²) in [4.78, 5) is 39.2. The van der Waals surface area contributed by atoms with Gasteiger partial charge in [-0.1, -0.05) is 31.9 Å². The molecule has 2 amide bonds. The normalized spacial score (nSPS) is 25.7. The number of methoxy groups -OCH3 is 1. The number of thiocarbonyl (C=S) groups is 1. The summed E-state index contributed by atoms with van der Waals surface area (Å²) in [5, 5.41) is 5.54. The van der Waals surface area contributed by atoms with E-state index < -0.39 is 17.6 Å². The maximum Gasteiger partial charge on any atom is 0.332 e. The Bertz CT molecular complexity index is 669. The minimum atomic E-state index is -1.03. The Kier molecular flexibility index (Phi) is 8.43. The SMILES string of the molecule is CCCCC/C=C\[C@@H]1C[C@]1(NC(=O)[C@@H]1CCCN1C(=O)CNC(N)=S)C(=O)OC. The number of ether oxygens (including phenoxy) is 1. The Morgan fingerprint density at radius 1 is 1.34 bits per heavy atom. The van der Waals surface area contributed by atoms with Gasteiger partial charge in [0.25, 0.3) is 0 Å². The number of carbonyl (C=O) groups excluding carboxylic acids is 3. The third-order valence-corrected chi connectivity index (χ3v) is 5.69. The monoisotopic (exact) mass is 424 g/mol. The highest BCUT2D eigenvalue weighted by Gasteiger charge is 2.61. The first-order valence-corrected chi connectivity index (χ1v) is 10.7. The lowest BCUT2D eigenvalue weighted by Gasteiger charge is -2.26. The average Bonchev–Trinajstić information content (AvgIpc) is 3.15. The number of nitrogens with two attached hydrogens (primary N) is 1. The van der Waals surface area contributed by atoms with Crippen LogP contribution >= 0.6 is 12.2 Å². The molecule has 4 N–H and O–H groups in total. The predicted octanol–water partition coefficient (Wildman–Crippen LogP) is 0.995. The number of hydrogen-bond acceptors (Lipinski definition) is 5. The Balaban J connectivity index is 1.98. The van der Waals surface area contributed by atoms with Crippen molar-refractivity contribution in [3.63, 3.8) is 0 Å². The summed E-state index contributed by atoms with van der Waals surface area (Å²) in [5.74, 6) is -1.09. The number of nitrogens with zero attached hydrogens (tertiary/aromatic N) is 1. The van der Waals surface area contributed by atoms with Crippen molar-refractivity contribution in [3.8, 4) is 0 Å². The number of rotatable bonds is 10. The zero-order valence-corrected chi connectivity index (χ0v) is 18.1. The summed E-state index contributed by atoms with van der Waals surface area (Å²) in [5.41, 5.74) is 4.34. The molecule has 1 saturated carbocycles. The molecule has 9 heteroatoms. The number of likely N-dealkylation sites (tertiary alicyclic amines) is 1. The number of nitrogens with one attached hydrogen (secondary N) is 2. The number of esters is 1. The molecule has 2 aliphatic rings. The van der Waals surface area contributed by atoms with E-state index in [0.29, 0.717) is 19.4 Å². The predicted molar refractivity (Wildman–Crippen MR) is 114 cm³/mol. The topological polar surface area (TPSA) is 114 Å². The van der Waals surface area contributed by atoms with Crippen LogP contribution in [0.3, 0.4) is 0 Å². The molecule has 0 bridgehead atoms. The highest BCUT2D eigenvalue weighted by atomic mass is 32.1. The van der Waals surface area contributed by atoms with E-state index in [-0.39, 0.29) is 29.4 Å². The Labute approximate surface area is 177 Å². The third kappa shape index (κ3) is 5.91. The van der Waals surface area contributed by atoms with E-state index >= 15 is 0 Å². The maximum atomic E-state index is 12.9. The zero-order chi connectivity index (χ0) is 21.4. The van der Waals surface area contributed by atoms with E-state index in [2.05, 4.69) is 23.6 Å². The second-order valence-electron chi connectivity index (χ2n) is 7.65. The molecule has 0 unspecified atom stereocenters. The van der Waals surface area contributed by atoms with Crippen LogP contribution in [-0.2, 0) is 19.1 Å². The van der Waals surface area contributed by atoms with Crippen molar-refractivity contribution in [2.45, 2.75) is 63.5 Å². The Hall–Kier alpha value is -2.16. The second kappa shape index (κ2) is 10.6. The highest BCUT2D eigenvalue weighted by Crippen LogP contribution is 2.46. The van der Waals surface area contributed by atoms with Gasteiger partial charge in [0.2, 0.25) is 11.8 Å². The summed E-state index contributed by atoms with van der Waals surface area (Å²) in [7, 11) is 1.32. The van der Waals surface area contributed by atoms with E-state index in [4.69, 9.17) is 22.7 Å². The van der Waals surface area contributed by atoms with Crippen molar-refractivity contribution < 1.29 is 19.1 Å². The smallest absolute Gasteiger partial charge is 0.332 e. The van der Waals surface area contributed by atoms with Crippen LogP contribution < -0.4 is 16.4 Å². The van der Waals surface area contributed by atoms with Crippen LogP contribution in [-0.4, -0.2) is 59.6 Å². The van der Waals surface area contributed by atoms with Crippen molar-refractivity contribution in [1.29, 1.82) is 0 Å². The summed E-state index contributed by atoms with van der Waals surface area (Å²) >= 11 is 4.72. The number of amides is 2. The molecule has 0 aromatic rings.